The molecule has 0 aromatic carbocycles. The number of aryl methyl sites for hydroxylation is 1. The van der Waals surface area contributed by atoms with Crippen molar-refractivity contribution in [3.63, 3.8) is 0 Å². The van der Waals surface area contributed by atoms with Gasteiger partial charge in [0.05, 0.1) is 11.8 Å². The summed E-state index contributed by atoms with van der Waals surface area (Å²) in [6.45, 7) is 1.60. The molecule has 1 heterocycles. The maximum atomic E-state index is 11.9. The number of halogens is 1. The first-order valence-corrected chi connectivity index (χ1v) is 7.39. The van der Waals surface area contributed by atoms with Crippen LogP contribution < -0.4 is 4.72 Å². The first-order valence-electron chi connectivity index (χ1n) is 4.72. The first-order chi connectivity index (χ1) is 7.38. The smallest absolute Gasteiger partial charge is 0.252 e. The molecule has 1 aromatic heterocycles. The van der Waals surface area contributed by atoms with Crippen molar-refractivity contribution in [3.05, 3.63) is 10.2 Å². The van der Waals surface area contributed by atoms with Crippen molar-refractivity contribution in [1.29, 1.82) is 0 Å². The van der Waals surface area contributed by atoms with Crippen LogP contribution in [0.25, 0.3) is 0 Å². The van der Waals surface area contributed by atoms with Gasteiger partial charge < -0.3 is 5.11 Å². The maximum Gasteiger partial charge on any atom is 0.252 e. The van der Waals surface area contributed by atoms with Crippen molar-refractivity contribution >= 4 is 33.0 Å². The minimum atomic E-state index is -3.54. The van der Waals surface area contributed by atoms with Gasteiger partial charge in [-0.1, -0.05) is 22.9 Å². The van der Waals surface area contributed by atoms with Gasteiger partial charge in [0.2, 0.25) is 0 Å². The lowest BCUT2D eigenvalue weighted by molar-refractivity contribution is 0.0712. The Morgan fingerprint density at radius 2 is 2.19 bits per heavy atom. The lowest BCUT2D eigenvalue weighted by Crippen LogP contribution is -2.46. The summed E-state index contributed by atoms with van der Waals surface area (Å²) in [4.78, 5) is 3.86. The summed E-state index contributed by atoms with van der Waals surface area (Å²) in [7, 11) is -3.54. The maximum absolute atomic E-state index is 11.9. The van der Waals surface area contributed by atoms with Crippen LogP contribution in [0.3, 0.4) is 0 Å². The normalized spacial score (nSPS) is 25.4. The summed E-state index contributed by atoms with van der Waals surface area (Å²) in [5.41, 5.74) is 0.405. The van der Waals surface area contributed by atoms with E-state index in [1.165, 1.54) is 0 Å². The monoisotopic (exact) mass is 282 g/mol. The Bertz CT molecular complexity index is 493. The molecule has 0 aliphatic heterocycles. The first kappa shape index (κ1) is 12.3. The summed E-state index contributed by atoms with van der Waals surface area (Å²) in [5.74, 6) is 0. The zero-order chi connectivity index (χ0) is 11.9. The average Bonchev–Trinajstić information content (AvgIpc) is 2.43. The van der Waals surface area contributed by atoms with E-state index in [0.29, 0.717) is 18.5 Å². The van der Waals surface area contributed by atoms with E-state index in [4.69, 9.17) is 16.7 Å². The third kappa shape index (κ3) is 2.38. The van der Waals surface area contributed by atoms with Gasteiger partial charge in [-0.15, -0.1) is 0 Å². The molecular formula is C8H11ClN2O3S2. The summed E-state index contributed by atoms with van der Waals surface area (Å²) < 4.78 is 26.7. The number of hydrogen-bond acceptors (Lipinski definition) is 5. The van der Waals surface area contributed by atoms with Crippen LogP contribution in [0, 0.1) is 6.92 Å². The van der Waals surface area contributed by atoms with Gasteiger partial charge in [-0.05, 0) is 19.8 Å². The molecule has 1 aromatic rings. The second-order valence-electron chi connectivity index (χ2n) is 3.78. The molecule has 1 aliphatic carbocycles. The second kappa shape index (κ2) is 4.23. The molecular weight excluding hydrogens is 272 g/mol. The van der Waals surface area contributed by atoms with Gasteiger partial charge in [-0.3, -0.25) is 0 Å². The zero-order valence-corrected chi connectivity index (χ0v) is 10.9. The molecule has 5 nitrogen and oxygen atoms in total. The van der Waals surface area contributed by atoms with Gasteiger partial charge in [0.25, 0.3) is 10.0 Å². The number of aliphatic hydroxyl groups excluding tert-OH is 1. The fraction of sp³-hybridized carbons (Fsp3) is 0.625. The van der Waals surface area contributed by atoms with E-state index in [9.17, 15) is 8.42 Å². The Morgan fingerprint density at radius 3 is 2.62 bits per heavy atom. The fourth-order valence-corrected chi connectivity index (χ4v) is 4.57. The largest absolute Gasteiger partial charge is 0.393 e. The van der Waals surface area contributed by atoms with Crippen LogP contribution in [0.1, 0.15) is 18.5 Å². The molecule has 1 fully saturated rings. The van der Waals surface area contributed by atoms with Gasteiger partial charge >= 0.3 is 0 Å². The lowest BCUT2D eigenvalue weighted by atomic mass is 9.91. The lowest BCUT2D eigenvalue weighted by Gasteiger charge is -2.31. The van der Waals surface area contributed by atoms with Crippen LogP contribution in [0.4, 0.5) is 0 Å². The van der Waals surface area contributed by atoms with Crippen molar-refractivity contribution in [2.45, 2.75) is 36.1 Å². The van der Waals surface area contributed by atoms with E-state index >= 15 is 0 Å². The van der Waals surface area contributed by atoms with E-state index in [1.807, 2.05) is 0 Å². The predicted octanol–water partition coefficient (Wildman–Crippen LogP) is 0.907. The van der Waals surface area contributed by atoms with Gasteiger partial charge in [-0.2, -0.15) is 0 Å². The van der Waals surface area contributed by atoms with E-state index < -0.39 is 10.0 Å². The van der Waals surface area contributed by atoms with Crippen molar-refractivity contribution in [2.24, 2.45) is 0 Å². The predicted molar refractivity (Wildman–Crippen MR) is 61.2 cm³/mol. The van der Waals surface area contributed by atoms with E-state index in [0.717, 1.165) is 11.3 Å². The summed E-state index contributed by atoms with van der Waals surface area (Å²) in [6, 6.07) is -0.180. The number of nitrogens with one attached hydrogen (secondary N) is 1. The highest BCUT2D eigenvalue weighted by Gasteiger charge is 2.32. The molecule has 2 N–H and O–H groups in total. The highest BCUT2D eigenvalue weighted by Crippen LogP contribution is 2.28. The quantitative estimate of drug-likeness (QED) is 0.863. The fourth-order valence-electron chi connectivity index (χ4n) is 1.56. The molecule has 0 atom stereocenters. The van der Waals surface area contributed by atoms with Crippen molar-refractivity contribution in [2.75, 3.05) is 0 Å². The summed E-state index contributed by atoms with van der Waals surface area (Å²) in [5, 5.41) is 9.08. The molecule has 1 saturated carbocycles. The van der Waals surface area contributed by atoms with Crippen LogP contribution >= 0.6 is 22.9 Å². The highest BCUT2D eigenvalue weighted by molar-refractivity contribution is 7.91. The van der Waals surface area contributed by atoms with Crippen molar-refractivity contribution in [1.82, 2.24) is 9.71 Å². The highest BCUT2D eigenvalue weighted by atomic mass is 35.5. The second-order valence-corrected chi connectivity index (χ2v) is 7.27. The van der Waals surface area contributed by atoms with Gasteiger partial charge in [-0.25, -0.2) is 18.1 Å². The van der Waals surface area contributed by atoms with Gasteiger partial charge in [0, 0.05) is 6.04 Å². The number of nitrogens with zero attached hydrogens (tertiary/aromatic N) is 1. The minimum absolute atomic E-state index is 0.152. The van der Waals surface area contributed by atoms with Gasteiger partial charge in [0.15, 0.2) is 8.68 Å². The Labute approximate surface area is 103 Å². The van der Waals surface area contributed by atoms with Crippen LogP contribution in [0.15, 0.2) is 4.21 Å². The molecule has 1 aliphatic rings. The van der Waals surface area contributed by atoms with Gasteiger partial charge in [0.1, 0.15) is 0 Å². The van der Waals surface area contributed by atoms with Crippen LogP contribution in [0.5, 0.6) is 0 Å². The topological polar surface area (TPSA) is 79.3 Å². The molecule has 2 rings (SSSR count). The Morgan fingerprint density at radius 1 is 1.56 bits per heavy atom. The van der Waals surface area contributed by atoms with E-state index in [2.05, 4.69) is 9.71 Å². The minimum Gasteiger partial charge on any atom is -0.393 e. The van der Waals surface area contributed by atoms with E-state index in [1.54, 1.807) is 6.92 Å². The van der Waals surface area contributed by atoms with Crippen LogP contribution in [-0.4, -0.2) is 30.7 Å². The molecule has 16 heavy (non-hydrogen) atoms. The third-order valence-corrected chi connectivity index (χ3v) is 5.80. The number of thiazole rings is 1. The Balaban J connectivity index is 2.16. The Kier molecular flexibility index (Phi) is 3.24. The standard InChI is InChI=1S/C8H11ClN2O3S2/c1-4-7(15-8(9)10-4)16(13,14)11-5-2-6(12)3-5/h5-6,11-12H,2-3H2,1H3. The van der Waals surface area contributed by atoms with E-state index in [-0.39, 0.29) is 20.8 Å². The number of hydrogen-bond donors (Lipinski definition) is 2. The number of rotatable bonds is 3. The molecule has 0 saturated heterocycles. The molecule has 0 radical (unpaired) electrons. The average molecular weight is 283 g/mol. The third-order valence-electron chi connectivity index (χ3n) is 2.41. The molecule has 0 bridgehead atoms. The van der Waals surface area contributed by atoms with Crippen LogP contribution in [-0.2, 0) is 10.0 Å². The number of aliphatic hydroxyl groups is 1. The summed E-state index contributed by atoms with van der Waals surface area (Å²) in [6.07, 6.45) is 0.536. The number of sulfonamides is 1. The summed E-state index contributed by atoms with van der Waals surface area (Å²) >= 11 is 6.59. The Hall–Kier alpha value is -0.210. The number of aromatic nitrogens is 1. The van der Waals surface area contributed by atoms with Crippen LogP contribution in [0.2, 0.25) is 4.47 Å². The van der Waals surface area contributed by atoms with Crippen molar-refractivity contribution < 1.29 is 13.5 Å². The molecule has 90 valence electrons. The zero-order valence-electron chi connectivity index (χ0n) is 8.47. The molecule has 0 amide bonds. The SMILES string of the molecule is Cc1nc(Cl)sc1S(=O)(=O)NC1CC(O)C1. The molecule has 0 spiro atoms. The molecule has 8 heteroatoms. The van der Waals surface area contributed by atoms with Crippen molar-refractivity contribution in [3.8, 4) is 0 Å². The molecule has 0 unspecified atom stereocenters.